The van der Waals surface area contributed by atoms with Crippen LogP contribution in [0.5, 0.6) is 0 Å². The first-order chi connectivity index (χ1) is 4.63. The smallest absolute Gasteiger partial charge is 0.00989 e. The fourth-order valence-corrected chi connectivity index (χ4v) is 1.26. The molecule has 0 amide bonds. The molecule has 0 aliphatic carbocycles. The monoisotopic (exact) mass is 174 g/mol. The van der Waals surface area contributed by atoms with Gasteiger partial charge in [-0.25, -0.2) is 0 Å². The van der Waals surface area contributed by atoms with E-state index in [-0.39, 0.29) is 4.75 Å². The van der Waals surface area contributed by atoms with Gasteiger partial charge in [-0.15, -0.1) is 0 Å². The number of hydrogen-bond donors (Lipinski definition) is 1. The second-order valence-corrected chi connectivity index (χ2v) is 6.47. The van der Waals surface area contributed by atoms with E-state index in [1.807, 2.05) is 0 Å². The van der Waals surface area contributed by atoms with Crippen molar-refractivity contribution in [3.05, 3.63) is 0 Å². The minimum Gasteiger partial charge on any atom is -0.173 e. The van der Waals surface area contributed by atoms with Crippen LogP contribution in [0, 0.1) is 11.3 Å². The van der Waals surface area contributed by atoms with E-state index in [4.69, 9.17) is 0 Å². The molecular weight excluding hydrogens is 152 g/mol. The van der Waals surface area contributed by atoms with Crippen molar-refractivity contribution >= 4 is 12.6 Å². The van der Waals surface area contributed by atoms with Crippen LogP contribution in [0.1, 0.15) is 48.0 Å². The standard InChI is InChI=1S/C10H22S/c1-8(10(5,6)11)7-9(2,3)4/h8,11H,7H2,1-6H3. The van der Waals surface area contributed by atoms with Crippen molar-refractivity contribution in [2.45, 2.75) is 52.7 Å². The van der Waals surface area contributed by atoms with Crippen LogP contribution in [0.2, 0.25) is 0 Å². The Labute approximate surface area is 77.2 Å². The molecule has 0 radical (unpaired) electrons. The minimum absolute atomic E-state index is 0.160. The summed E-state index contributed by atoms with van der Waals surface area (Å²) >= 11 is 4.56. The third-order valence-electron chi connectivity index (χ3n) is 2.12. The third kappa shape index (κ3) is 5.60. The topological polar surface area (TPSA) is 0 Å². The van der Waals surface area contributed by atoms with E-state index < -0.39 is 0 Å². The van der Waals surface area contributed by atoms with Gasteiger partial charge in [-0.3, -0.25) is 0 Å². The normalized spacial score (nSPS) is 16.6. The Morgan fingerprint density at radius 1 is 1.09 bits per heavy atom. The minimum atomic E-state index is 0.160. The second-order valence-electron chi connectivity index (χ2n) is 5.32. The summed E-state index contributed by atoms with van der Waals surface area (Å²) in [5.41, 5.74) is 0.430. The van der Waals surface area contributed by atoms with Gasteiger partial charge in [-0.1, -0.05) is 41.5 Å². The highest BCUT2D eigenvalue weighted by atomic mass is 32.1. The SMILES string of the molecule is CC(CC(C)(C)C)C(C)(C)S. The fourth-order valence-electron chi connectivity index (χ4n) is 1.17. The van der Waals surface area contributed by atoms with Crippen LogP contribution in [0.3, 0.4) is 0 Å². The molecule has 0 aliphatic rings. The van der Waals surface area contributed by atoms with Crippen LogP contribution in [0.25, 0.3) is 0 Å². The molecule has 0 aromatic heterocycles. The average Bonchev–Trinajstić information content (AvgIpc) is 1.56. The van der Waals surface area contributed by atoms with Gasteiger partial charge < -0.3 is 0 Å². The largest absolute Gasteiger partial charge is 0.173 e. The lowest BCUT2D eigenvalue weighted by molar-refractivity contribution is 0.277. The summed E-state index contributed by atoms with van der Waals surface area (Å²) in [5.74, 6) is 0.672. The van der Waals surface area contributed by atoms with E-state index in [0.29, 0.717) is 11.3 Å². The number of hydrogen-bond acceptors (Lipinski definition) is 1. The first-order valence-electron chi connectivity index (χ1n) is 4.35. The van der Waals surface area contributed by atoms with Gasteiger partial charge in [0.05, 0.1) is 0 Å². The molecule has 0 aromatic rings. The summed E-state index contributed by atoms with van der Waals surface area (Å²) in [6, 6.07) is 0. The van der Waals surface area contributed by atoms with Crippen molar-refractivity contribution in [3.63, 3.8) is 0 Å². The number of rotatable bonds is 2. The zero-order chi connectivity index (χ0) is 9.28. The van der Waals surface area contributed by atoms with Crippen molar-refractivity contribution in [2.75, 3.05) is 0 Å². The van der Waals surface area contributed by atoms with E-state index in [2.05, 4.69) is 54.2 Å². The predicted molar refractivity (Wildman–Crippen MR) is 56.3 cm³/mol. The van der Waals surface area contributed by atoms with Crippen molar-refractivity contribution in [3.8, 4) is 0 Å². The summed E-state index contributed by atoms with van der Waals surface area (Å²) in [5, 5.41) is 0. The van der Waals surface area contributed by atoms with Crippen LogP contribution < -0.4 is 0 Å². The van der Waals surface area contributed by atoms with Crippen LogP contribution in [-0.2, 0) is 0 Å². The van der Waals surface area contributed by atoms with Gasteiger partial charge in [0.1, 0.15) is 0 Å². The molecule has 0 aliphatic heterocycles. The molecule has 0 N–H and O–H groups in total. The lowest BCUT2D eigenvalue weighted by Crippen LogP contribution is -2.26. The molecule has 1 atom stereocenters. The molecule has 68 valence electrons. The van der Waals surface area contributed by atoms with E-state index in [1.54, 1.807) is 0 Å². The van der Waals surface area contributed by atoms with Gasteiger partial charge in [0.15, 0.2) is 0 Å². The Morgan fingerprint density at radius 3 is 1.55 bits per heavy atom. The molecule has 1 heteroatoms. The van der Waals surface area contributed by atoms with E-state index >= 15 is 0 Å². The Hall–Kier alpha value is 0.350. The molecule has 0 heterocycles. The Morgan fingerprint density at radius 2 is 1.45 bits per heavy atom. The molecule has 0 saturated carbocycles. The quantitative estimate of drug-likeness (QED) is 0.605. The summed E-state index contributed by atoms with van der Waals surface area (Å²) in [7, 11) is 0. The highest BCUT2D eigenvalue weighted by Crippen LogP contribution is 2.33. The van der Waals surface area contributed by atoms with Crippen molar-refractivity contribution in [1.29, 1.82) is 0 Å². The lowest BCUT2D eigenvalue weighted by atomic mass is 9.80. The summed E-state index contributed by atoms with van der Waals surface area (Å²) in [4.78, 5) is 0. The first kappa shape index (κ1) is 11.4. The van der Waals surface area contributed by atoms with Crippen molar-refractivity contribution in [2.24, 2.45) is 11.3 Å². The van der Waals surface area contributed by atoms with Gasteiger partial charge in [0.25, 0.3) is 0 Å². The molecular formula is C10H22S. The maximum Gasteiger partial charge on any atom is 0.00989 e. The highest BCUT2D eigenvalue weighted by molar-refractivity contribution is 7.81. The maximum absolute atomic E-state index is 4.56. The molecule has 0 saturated heterocycles. The molecule has 0 spiro atoms. The van der Waals surface area contributed by atoms with Gasteiger partial charge in [0, 0.05) is 4.75 Å². The van der Waals surface area contributed by atoms with Crippen LogP contribution in [-0.4, -0.2) is 4.75 Å². The molecule has 0 nitrogen and oxygen atoms in total. The van der Waals surface area contributed by atoms with Crippen LogP contribution in [0.15, 0.2) is 0 Å². The van der Waals surface area contributed by atoms with Gasteiger partial charge in [-0.2, -0.15) is 12.6 Å². The molecule has 0 aromatic carbocycles. The fraction of sp³-hybridized carbons (Fsp3) is 1.00. The zero-order valence-corrected chi connectivity index (χ0v) is 9.63. The molecule has 1 unspecified atom stereocenters. The molecule has 0 bridgehead atoms. The number of thiol groups is 1. The first-order valence-corrected chi connectivity index (χ1v) is 4.80. The van der Waals surface area contributed by atoms with E-state index in [0.717, 1.165) is 0 Å². The summed E-state index contributed by atoms with van der Waals surface area (Å²) in [6.07, 6.45) is 1.24. The van der Waals surface area contributed by atoms with E-state index in [1.165, 1.54) is 6.42 Å². The van der Waals surface area contributed by atoms with E-state index in [9.17, 15) is 0 Å². The second kappa shape index (κ2) is 3.38. The lowest BCUT2D eigenvalue weighted by Gasteiger charge is -2.32. The third-order valence-corrected chi connectivity index (χ3v) is 2.57. The van der Waals surface area contributed by atoms with Gasteiger partial charge >= 0.3 is 0 Å². The zero-order valence-electron chi connectivity index (χ0n) is 8.73. The molecule has 0 rings (SSSR count). The van der Waals surface area contributed by atoms with Crippen molar-refractivity contribution in [1.82, 2.24) is 0 Å². The van der Waals surface area contributed by atoms with Gasteiger partial charge in [-0.05, 0) is 17.8 Å². The van der Waals surface area contributed by atoms with Crippen LogP contribution in [0.4, 0.5) is 0 Å². The molecule has 0 fully saturated rings. The Bertz CT molecular complexity index is 114. The highest BCUT2D eigenvalue weighted by Gasteiger charge is 2.25. The van der Waals surface area contributed by atoms with Gasteiger partial charge in [0.2, 0.25) is 0 Å². The Balaban J connectivity index is 3.99. The van der Waals surface area contributed by atoms with Crippen molar-refractivity contribution < 1.29 is 0 Å². The summed E-state index contributed by atoms with van der Waals surface area (Å²) in [6.45, 7) is 13.5. The van der Waals surface area contributed by atoms with Crippen LogP contribution >= 0.6 is 12.6 Å². The maximum atomic E-state index is 4.56. The molecule has 11 heavy (non-hydrogen) atoms. The Kier molecular flexibility index (Phi) is 3.49. The summed E-state index contributed by atoms with van der Waals surface area (Å²) < 4.78 is 0.160. The predicted octanol–water partition coefficient (Wildman–Crippen LogP) is 3.77. The average molecular weight is 174 g/mol.